The molecule has 4 rings (SSSR count). The van der Waals surface area contributed by atoms with Crippen molar-refractivity contribution >= 4 is 17.7 Å². The minimum absolute atomic E-state index is 0.000965. The number of halogens is 1. The summed E-state index contributed by atoms with van der Waals surface area (Å²) in [5, 5.41) is 2.99. The first-order valence-corrected chi connectivity index (χ1v) is 11.1. The van der Waals surface area contributed by atoms with Gasteiger partial charge in [0.1, 0.15) is 5.82 Å². The quantitative estimate of drug-likeness (QED) is 0.791. The number of benzene rings is 1. The normalized spacial score (nSPS) is 19.6. The largest absolute Gasteiger partial charge is 0.459 e. The van der Waals surface area contributed by atoms with Crippen molar-refractivity contribution in [3.8, 4) is 0 Å². The molecule has 1 aromatic carbocycles. The molecule has 3 heterocycles. The van der Waals surface area contributed by atoms with Gasteiger partial charge in [0.25, 0.3) is 11.8 Å². The van der Waals surface area contributed by atoms with Crippen LogP contribution in [0.15, 0.2) is 41.0 Å². The Hall–Kier alpha value is -3.16. The topological polar surface area (TPSA) is 82.9 Å². The standard InChI is InChI=1S/C24H28FN3O4/c1-16-10-14-32-21(16)22(29)26-20-8-12-27(13-9-20)24(31)18-3-2-11-28(15-18)23(30)17-4-6-19(25)7-5-17/h4-7,10,14,18,20H,2-3,8-9,11-13,15H2,1H3,(H,26,29). The summed E-state index contributed by atoms with van der Waals surface area (Å²) < 4.78 is 18.4. The number of hydrogen-bond donors (Lipinski definition) is 1. The van der Waals surface area contributed by atoms with Gasteiger partial charge in [-0.2, -0.15) is 0 Å². The van der Waals surface area contributed by atoms with Crippen molar-refractivity contribution in [3.05, 3.63) is 59.3 Å². The van der Waals surface area contributed by atoms with Gasteiger partial charge in [0.05, 0.1) is 12.2 Å². The SMILES string of the molecule is Cc1ccoc1C(=O)NC1CCN(C(=O)C2CCCN(C(=O)c3ccc(F)cc3)C2)CC1. The molecule has 8 heteroatoms. The molecule has 1 aromatic heterocycles. The smallest absolute Gasteiger partial charge is 0.287 e. The Balaban J connectivity index is 1.29. The second kappa shape index (κ2) is 9.54. The van der Waals surface area contributed by atoms with Crippen LogP contribution in [0.3, 0.4) is 0 Å². The lowest BCUT2D eigenvalue weighted by atomic mass is 9.94. The Morgan fingerprint density at radius 2 is 1.72 bits per heavy atom. The fourth-order valence-corrected chi connectivity index (χ4v) is 4.50. The average molecular weight is 442 g/mol. The fraction of sp³-hybridized carbons (Fsp3) is 0.458. The lowest BCUT2D eigenvalue weighted by Gasteiger charge is -2.38. The Kier molecular flexibility index (Phi) is 6.58. The van der Waals surface area contributed by atoms with E-state index in [9.17, 15) is 18.8 Å². The zero-order chi connectivity index (χ0) is 22.7. The van der Waals surface area contributed by atoms with Gasteiger partial charge in [0, 0.05) is 43.3 Å². The van der Waals surface area contributed by atoms with E-state index in [4.69, 9.17) is 4.42 Å². The van der Waals surface area contributed by atoms with Crippen LogP contribution in [0.4, 0.5) is 4.39 Å². The highest BCUT2D eigenvalue weighted by Crippen LogP contribution is 2.23. The molecule has 2 aromatic rings. The molecule has 2 saturated heterocycles. The zero-order valence-corrected chi connectivity index (χ0v) is 18.2. The predicted octanol–water partition coefficient (Wildman–Crippen LogP) is 3.00. The molecule has 0 aliphatic carbocycles. The number of nitrogens with one attached hydrogen (secondary N) is 1. The third-order valence-electron chi connectivity index (χ3n) is 6.36. The third-order valence-corrected chi connectivity index (χ3v) is 6.36. The third kappa shape index (κ3) is 4.84. The number of carbonyl (C=O) groups excluding carboxylic acids is 3. The van der Waals surface area contributed by atoms with E-state index in [1.807, 2.05) is 11.8 Å². The summed E-state index contributed by atoms with van der Waals surface area (Å²) >= 11 is 0. The molecule has 32 heavy (non-hydrogen) atoms. The van der Waals surface area contributed by atoms with E-state index in [1.54, 1.807) is 11.0 Å². The van der Waals surface area contributed by atoms with E-state index >= 15 is 0 Å². The van der Waals surface area contributed by atoms with Gasteiger partial charge in [-0.3, -0.25) is 14.4 Å². The number of amides is 3. The van der Waals surface area contributed by atoms with Gasteiger partial charge in [-0.15, -0.1) is 0 Å². The van der Waals surface area contributed by atoms with Gasteiger partial charge in [0.15, 0.2) is 5.76 Å². The number of carbonyl (C=O) groups is 3. The van der Waals surface area contributed by atoms with Crippen molar-refractivity contribution in [2.75, 3.05) is 26.2 Å². The number of likely N-dealkylation sites (tertiary alicyclic amines) is 2. The Labute approximate surface area is 186 Å². The maximum absolute atomic E-state index is 13.1. The predicted molar refractivity (Wildman–Crippen MR) is 116 cm³/mol. The molecule has 2 aliphatic rings. The van der Waals surface area contributed by atoms with Gasteiger partial charge in [0.2, 0.25) is 5.91 Å². The summed E-state index contributed by atoms with van der Waals surface area (Å²) in [6, 6.07) is 7.26. The number of nitrogens with zero attached hydrogens (tertiary/aromatic N) is 2. The monoisotopic (exact) mass is 441 g/mol. The average Bonchev–Trinajstić information content (AvgIpc) is 3.25. The first-order chi connectivity index (χ1) is 15.4. The van der Waals surface area contributed by atoms with Crippen LogP contribution in [-0.4, -0.2) is 59.7 Å². The van der Waals surface area contributed by atoms with E-state index < -0.39 is 0 Å². The molecule has 0 spiro atoms. The Morgan fingerprint density at radius 3 is 2.38 bits per heavy atom. The number of aryl methyl sites for hydroxylation is 1. The molecule has 0 radical (unpaired) electrons. The summed E-state index contributed by atoms with van der Waals surface area (Å²) in [5.41, 5.74) is 1.23. The van der Waals surface area contributed by atoms with E-state index in [0.717, 1.165) is 18.4 Å². The van der Waals surface area contributed by atoms with Crippen molar-refractivity contribution in [3.63, 3.8) is 0 Å². The summed E-state index contributed by atoms with van der Waals surface area (Å²) in [4.78, 5) is 41.7. The van der Waals surface area contributed by atoms with Crippen molar-refractivity contribution in [1.82, 2.24) is 15.1 Å². The zero-order valence-electron chi connectivity index (χ0n) is 18.2. The van der Waals surface area contributed by atoms with Crippen LogP contribution in [0.2, 0.25) is 0 Å². The molecule has 1 atom stereocenters. The molecular formula is C24H28FN3O4. The summed E-state index contributed by atoms with van der Waals surface area (Å²) in [7, 11) is 0. The van der Waals surface area contributed by atoms with Crippen molar-refractivity contribution in [2.24, 2.45) is 5.92 Å². The molecule has 0 bridgehead atoms. The van der Waals surface area contributed by atoms with Crippen molar-refractivity contribution in [2.45, 2.75) is 38.6 Å². The number of piperidine rings is 2. The molecule has 1 unspecified atom stereocenters. The first-order valence-electron chi connectivity index (χ1n) is 11.1. The minimum atomic E-state index is -0.382. The molecule has 7 nitrogen and oxygen atoms in total. The van der Waals surface area contributed by atoms with E-state index in [-0.39, 0.29) is 35.5 Å². The molecule has 1 N–H and O–H groups in total. The fourth-order valence-electron chi connectivity index (χ4n) is 4.50. The van der Waals surface area contributed by atoms with Crippen LogP contribution in [-0.2, 0) is 4.79 Å². The minimum Gasteiger partial charge on any atom is -0.459 e. The summed E-state index contributed by atoms with van der Waals surface area (Å²) in [6.07, 6.45) is 4.38. The van der Waals surface area contributed by atoms with E-state index in [1.165, 1.54) is 30.5 Å². The molecule has 3 amide bonds. The maximum Gasteiger partial charge on any atom is 0.287 e. The highest BCUT2D eigenvalue weighted by molar-refractivity contribution is 5.95. The van der Waals surface area contributed by atoms with Gasteiger partial charge in [-0.25, -0.2) is 4.39 Å². The van der Waals surface area contributed by atoms with Gasteiger partial charge in [-0.05, 0) is 62.9 Å². The van der Waals surface area contributed by atoms with Crippen LogP contribution >= 0.6 is 0 Å². The number of hydrogen-bond acceptors (Lipinski definition) is 4. The second-order valence-electron chi connectivity index (χ2n) is 8.60. The van der Waals surface area contributed by atoms with Gasteiger partial charge in [-0.1, -0.05) is 0 Å². The van der Waals surface area contributed by atoms with Crippen molar-refractivity contribution < 1.29 is 23.2 Å². The molecule has 0 saturated carbocycles. The van der Waals surface area contributed by atoms with Crippen LogP contribution in [0.25, 0.3) is 0 Å². The first kappa shape index (κ1) is 22.0. The molecular weight excluding hydrogens is 413 g/mol. The molecule has 2 aliphatic heterocycles. The number of rotatable bonds is 4. The molecule has 2 fully saturated rings. The van der Waals surface area contributed by atoms with E-state index in [0.29, 0.717) is 50.3 Å². The van der Waals surface area contributed by atoms with Gasteiger partial charge < -0.3 is 19.5 Å². The lowest BCUT2D eigenvalue weighted by molar-refractivity contribution is -0.138. The molecule has 170 valence electrons. The van der Waals surface area contributed by atoms with Crippen LogP contribution < -0.4 is 5.32 Å². The summed E-state index contributed by atoms with van der Waals surface area (Å²) in [5.74, 6) is -0.612. The highest BCUT2D eigenvalue weighted by atomic mass is 19.1. The maximum atomic E-state index is 13.1. The van der Waals surface area contributed by atoms with Crippen LogP contribution in [0, 0.1) is 18.7 Å². The lowest BCUT2D eigenvalue weighted by Crippen LogP contribution is -2.51. The van der Waals surface area contributed by atoms with Crippen molar-refractivity contribution in [1.29, 1.82) is 0 Å². The second-order valence-corrected chi connectivity index (χ2v) is 8.60. The number of furan rings is 1. The Morgan fingerprint density at radius 1 is 1.00 bits per heavy atom. The highest BCUT2D eigenvalue weighted by Gasteiger charge is 2.33. The van der Waals surface area contributed by atoms with Crippen LogP contribution in [0.5, 0.6) is 0 Å². The van der Waals surface area contributed by atoms with Gasteiger partial charge >= 0.3 is 0 Å². The van der Waals surface area contributed by atoms with Crippen LogP contribution in [0.1, 0.15) is 52.2 Å². The van der Waals surface area contributed by atoms with E-state index in [2.05, 4.69) is 5.32 Å². The Bertz CT molecular complexity index is 979. The summed E-state index contributed by atoms with van der Waals surface area (Å²) in [6.45, 7) is 3.95.